The van der Waals surface area contributed by atoms with Gasteiger partial charge in [-0.15, -0.1) is 0 Å². The second kappa shape index (κ2) is 7.80. The third-order valence-electron chi connectivity index (χ3n) is 4.68. The summed E-state index contributed by atoms with van der Waals surface area (Å²) in [6, 6.07) is 16.8. The Morgan fingerprint density at radius 1 is 1.11 bits per heavy atom. The minimum absolute atomic E-state index is 0.119. The minimum atomic E-state index is -0.119. The van der Waals surface area contributed by atoms with Gasteiger partial charge in [-0.1, -0.05) is 53.2 Å². The average Bonchev–Trinajstić information content (AvgIpc) is 3.19. The van der Waals surface area contributed by atoms with Crippen molar-refractivity contribution in [3.05, 3.63) is 65.5 Å². The molecular weight excluding hydrogens is 364 g/mol. The Labute approximate surface area is 162 Å². The summed E-state index contributed by atoms with van der Waals surface area (Å²) in [4.78, 5) is 18.8. The number of urea groups is 1. The number of amides is 2. The van der Waals surface area contributed by atoms with Gasteiger partial charge in [-0.2, -0.15) is 4.98 Å². The highest BCUT2D eigenvalue weighted by molar-refractivity contribution is 6.30. The Bertz CT molecular complexity index is 920. The molecule has 1 aliphatic heterocycles. The molecule has 4 rings (SSSR count). The Balaban J connectivity index is 1.35. The van der Waals surface area contributed by atoms with E-state index in [0.29, 0.717) is 35.5 Å². The average molecular weight is 383 g/mol. The van der Waals surface area contributed by atoms with Crippen LogP contribution in [0, 0.1) is 0 Å². The smallest absolute Gasteiger partial charge is 0.321 e. The van der Waals surface area contributed by atoms with Gasteiger partial charge in [0.05, 0.1) is 0 Å². The number of likely N-dealkylation sites (tertiary alicyclic amines) is 1. The van der Waals surface area contributed by atoms with E-state index >= 15 is 0 Å². The summed E-state index contributed by atoms with van der Waals surface area (Å²) in [6.45, 7) is 1.28. The molecule has 138 valence electrons. The topological polar surface area (TPSA) is 71.3 Å². The van der Waals surface area contributed by atoms with E-state index in [1.807, 2.05) is 42.5 Å². The van der Waals surface area contributed by atoms with Crippen LogP contribution in [0.2, 0.25) is 5.02 Å². The van der Waals surface area contributed by atoms with Crippen LogP contribution in [0.4, 0.5) is 10.5 Å². The lowest BCUT2D eigenvalue weighted by molar-refractivity contribution is 0.187. The molecule has 0 bridgehead atoms. The van der Waals surface area contributed by atoms with Crippen molar-refractivity contribution in [3.63, 3.8) is 0 Å². The van der Waals surface area contributed by atoms with Crippen LogP contribution >= 0.6 is 11.6 Å². The highest BCUT2D eigenvalue weighted by atomic mass is 35.5. The van der Waals surface area contributed by atoms with Gasteiger partial charge in [0.15, 0.2) is 0 Å². The predicted molar refractivity (Wildman–Crippen MR) is 104 cm³/mol. The van der Waals surface area contributed by atoms with Crippen LogP contribution < -0.4 is 5.32 Å². The van der Waals surface area contributed by atoms with Crippen LogP contribution in [0.3, 0.4) is 0 Å². The number of benzene rings is 2. The van der Waals surface area contributed by atoms with E-state index in [4.69, 9.17) is 16.1 Å². The maximum absolute atomic E-state index is 12.4. The number of hydrogen-bond acceptors (Lipinski definition) is 4. The summed E-state index contributed by atoms with van der Waals surface area (Å²) in [5.74, 6) is 1.42. The van der Waals surface area contributed by atoms with E-state index in [1.54, 1.807) is 17.0 Å². The number of aromatic nitrogens is 2. The van der Waals surface area contributed by atoms with Crippen molar-refractivity contribution in [1.29, 1.82) is 0 Å². The largest absolute Gasteiger partial charge is 0.339 e. The van der Waals surface area contributed by atoms with Crippen molar-refractivity contribution in [2.45, 2.75) is 18.8 Å². The molecule has 3 aromatic rings. The van der Waals surface area contributed by atoms with Gasteiger partial charge >= 0.3 is 6.03 Å². The van der Waals surface area contributed by atoms with E-state index in [-0.39, 0.29) is 11.9 Å². The summed E-state index contributed by atoms with van der Waals surface area (Å²) in [5.41, 5.74) is 1.63. The summed E-state index contributed by atoms with van der Waals surface area (Å²) in [6.07, 6.45) is 1.58. The fourth-order valence-electron chi connectivity index (χ4n) is 3.20. The van der Waals surface area contributed by atoms with Gasteiger partial charge in [0.1, 0.15) is 0 Å². The molecule has 2 heterocycles. The summed E-state index contributed by atoms with van der Waals surface area (Å²) >= 11 is 5.96. The van der Waals surface area contributed by atoms with Gasteiger partial charge < -0.3 is 14.7 Å². The predicted octanol–water partition coefficient (Wildman–Crippen LogP) is 4.80. The fraction of sp³-hybridized carbons (Fsp3) is 0.250. The molecule has 2 amide bonds. The van der Waals surface area contributed by atoms with Crippen LogP contribution in [-0.4, -0.2) is 34.2 Å². The summed E-state index contributed by atoms with van der Waals surface area (Å²) in [7, 11) is 0. The molecule has 0 atom stereocenters. The summed E-state index contributed by atoms with van der Waals surface area (Å²) in [5, 5.41) is 7.57. The molecule has 0 aliphatic carbocycles. The van der Waals surface area contributed by atoms with Crippen molar-refractivity contribution < 1.29 is 9.32 Å². The highest BCUT2D eigenvalue weighted by Crippen LogP contribution is 2.29. The van der Waals surface area contributed by atoms with Crippen LogP contribution in [0.15, 0.2) is 59.1 Å². The maximum Gasteiger partial charge on any atom is 0.321 e. The minimum Gasteiger partial charge on any atom is -0.339 e. The van der Waals surface area contributed by atoms with Crippen LogP contribution in [0.25, 0.3) is 11.4 Å². The monoisotopic (exact) mass is 382 g/mol. The molecule has 0 unspecified atom stereocenters. The molecular formula is C20H19ClN4O2. The van der Waals surface area contributed by atoms with Crippen molar-refractivity contribution in [2.75, 3.05) is 18.4 Å². The molecule has 0 saturated carbocycles. The van der Waals surface area contributed by atoms with Crippen LogP contribution in [-0.2, 0) is 0 Å². The molecule has 6 nitrogen and oxygen atoms in total. The van der Waals surface area contributed by atoms with E-state index in [0.717, 1.165) is 18.4 Å². The Kier molecular flexibility index (Phi) is 5.07. The Hall–Kier alpha value is -2.86. The van der Waals surface area contributed by atoms with Crippen molar-refractivity contribution in [3.8, 4) is 11.4 Å². The second-order valence-corrected chi connectivity index (χ2v) is 6.96. The lowest BCUT2D eigenvalue weighted by Gasteiger charge is -2.30. The third kappa shape index (κ3) is 4.11. The first-order valence-corrected chi connectivity index (χ1v) is 9.27. The number of rotatable bonds is 3. The second-order valence-electron chi connectivity index (χ2n) is 6.52. The molecule has 0 spiro atoms. The van der Waals surface area contributed by atoms with E-state index in [9.17, 15) is 4.79 Å². The first kappa shape index (κ1) is 17.5. The Morgan fingerprint density at radius 3 is 2.63 bits per heavy atom. The number of nitrogens with zero attached hydrogens (tertiary/aromatic N) is 3. The SMILES string of the molecule is O=C(Nc1cccc(Cl)c1)N1CCC(c2nc(-c3ccccc3)no2)CC1. The molecule has 1 saturated heterocycles. The number of nitrogens with one attached hydrogen (secondary N) is 1. The molecule has 1 aliphatic rings. The zero-order chi connectivity index (χ0) is 18.6. The van der Waals surface area contributed by atoms with E-state index < -0.39 is 0 Å². The first-order chi connectivity index (χ1) is 13.2. The number of carbonyl (C=O) groups is 1. The number of hydrogen-bond donors (Lipinski definition) is 1. The van der Waals surface area contributed by atoms with Gasteiger partial charge in [0.25, 0.3) is 0 Å². The van der Waals surface area contributed by atoms with Gasteiger partial charge in [0.2, 0.25) is 11.7 Å². The zero-order valence-electron chi connectivity index (χ0n) is 14.6. The van der Waals surface area contributed by atoms with Crippen LogP contribution in [0.5, 0.6) is 0 Å². The molecule has 0 radical (unpaired) electrons. The number of halogens is 1. The van der Waals surface area contributed by atoms with Crippen LogP contribution in [0.1, 0.15) is 24.7 Å². The molecule has 1 N–H and O–H groups in total. The molecule has 7 heteroatoms. The molecule has 1 aromatic heterocycles. The highest BCUT2D eigenvalue weighted by Gasteiger charge is 2.27. The van der Waals surface area contributed by atoms with Gasteiger partial charge in [-0.3, -0.25) is 0 Å². The quantitative estimate of drug-likeness (QED) is 0.706. The van der Waals surface area contributed by atoms with E-state index in [2.05, 4.69) is 15.5 Å². The zero-order valence-corrected chi connectivity index (χ0v) is 15.4. The van der Waals surface area contributed by atoms with Gasteiger partial charge in [0, 0.05) is 35.3 Å². The molecule has 27 heavy (non-hydrogen) atoms. The number of piperidine rings is 1. The Morgan fingerprint density at radius 2 is 1.89 bits per heavy atom. The van der Waals surface area contributed by atoms with Crippen molar-refractivity contribution in [2.24, 2.45) is 0 Å². The maximum atomic E-state index is 12.4. The van der Waals surface area contributed by atoms with Gasteiger partial charge in [-0.25, -0.2) is 4.79 Å². The normalized spacial score (nSPS) is 14.9. The fourth-order valence-corrected chi connectivity index (χ4v) is 3.39. The van der Waals surface area contributed by atoms with Gasteiger partial charge in [-0.05, 0) is 31.0 Å². The first-order valence-electron chi connectivity index (χ1n) is 8.89. The molecule has 1 fully saturated rings. The lowest BCUT2D eigenvalue weighted by Crippen LogP contribution is -2.40. The lowest BCUT2D eigenvalue weighted by atomic mass is 9.97. The third-order valence-corrected chi connectivity index (χ3v) is 4.92. The summed E-state index contributed by atoms with van der Waals surface area (Å²) < 4.78 is 5.47. The number of carbonyl (C=O) groups excluding carboxylic acids is 1. The van der Waals surface area contributed by atoms with Crippen molar-refractivity contribution in [1.82, 2.24) is 15.0 Å². The molecule has 2 aromatic carbocycles. The standard InChI is InChI=1S/C20H19ClN4O2/c21-16-7-4-8-17(13-16)22-20(26)25-11-9-15(10-12-25)19-23-18(24-27-19)14-5-2-1-3-6-14/h1-8,13,15H,9-12H2,(H,22,26). The van der Waals surface area contributed by atoms with E-state index in [1.165, 1.54) is 0 Å². The van der Waals surface area contributed by atoms with Crippen molar-refractivity contribution >= 4 is 23.3 Å². The number of anilines is 1.